The number of aryl methyl sites for hydroxylation is 1. The molecule has 1 aliphatic heterocycles. The van der Waals surface area contributed by atoms with Gasteiger partial charge in [-0.05, 0) is 50.2 Å². The van der Waals surface area contributed by atoms with Gasteiger partial charge in [-0.2, -0.15) is 0 Å². The molecule has 1 heterocycles. The fourth-order valence-corrected chi connectivity index (χ4v) is 4.22. The van der Waals surface area contributed by atoms with Gasteiger partial charge in [0.1, 0.15) is 11.4 Å². The van der Waals surface area contributed by atoms with Crippen LogP contribution in [0.5, 0.6) is 5.75 Å². The van der Waals surface area contributed by atoms with Crippen LogP contribution in [-0.4, -0.2) is 10.7 Å². The maximum absolute atomic E-state index is 10.5. The lowest BCUT2D eigenvalue weighted by molar-refractivity contribution is -0.0624. The van der Waals surface area contributed by atoms with Crippen LogP contribution in [0, 0.1) is 18.8 Å². The first kappa shape index (κ1) is 13.0. The summed E-state index contributed by atoms with van der Waals surface area (Å²) in [5, 5.41) is 10.5. The zero-order valence-electron chi connectivity index (χ0n) is 12.1. The molecule has 2 aliphatic rings. The zero-order valence-corrected chi connectivity index (χ0v) is 12.1. The smallest absolute Gasteiger partial charge is 0.125 e. The van der Waals surface area contributed by atoms with Gasteiger partial charge in [0.25, 0.3) is 0 Å². The van der Waals surface area contributed by atoms with Crippen molar-refractivity contribution in [1.29, 1.82) is 0 Å². The highest BCUT2D eigenvalue weighted by molar-refractivity contribution is 5.41. The molecule has 1 fully saturated rings. The molecule has 3 rings (SSSR count). The second kappa shape index (κ2) is 4.52. The third-order valence-corrected chi connectivity index (χ3v) is 4.66. The third kappa shape index (κ3) is 2.38. The van der Waals surface area contributed by atoms with E-state index in [9.17, 15) is 5.11 Å². The Hall–Kier alpha value is -1.02. The molecule has 1 aromatic rings. The van der Waals surface area contributed by atoms with Gasteiger partial charge in [0.15, 0.2) is 0 Å². The van der Waals surface area contributed by atoms with Crippen LogP contribution in [0.2, 0.25) is 0 Å². The molecule has 19 heavy (non-hydrogen) atoms. The van der Waals surface area contributed by atoms with Crippen LogP contribution in [0.3, 0.4) is 0 Å². The maximum atomic E-state index is 10.5. The minimum absolute atomic E-state index is 0.140. The molecule has 1 aliphatic carbocycles. The summed E-state index contributed by atoms with van der Waals surface area (Å²) in [4.78, 5) is 0. The van der Waals surface area contributed by atoms with Crippen LogP contribution in [0.4, 0.5) is 0 Å². The quantitative estimate of drug-likeness (QED) is 0.764. The Bertz CT molecular complexity index is 470. The van der Waals surface area contributed by atoms with Crippen LogP contribution in [0.25, 0.3) is 0 Å². The SMILES string of the molecule is Cc1ccc2c(c1)[C@@H](O)CC1(CC(C)CC(C)C1)O2. The molecule has 0 aromatic heterocycles. The second-order valence-corrected chi connectivity index (χ2v) is 6.90. The lowest BCUT2D eigenvalue weighted by Gasteiger charge is -2.47. The van der Waals surface area contributed by atoms with Crippen molar-refractivity contribution in [1.82, 2.24) is 0 Å². The number of hydrogen-bond acceptors (Lipinski definition) is 2. The first-order chi connectivity index (χ1) is 8.97. The Morgan fingerprint density at radius 2 is 1.84 bits per heavy atom. The minimum atomic E-state index is -0.374. The van der Waals surface area contributed by atoms with Gasteiger partial charge in [0.2, 0.25) is 0 Å². The molecule has 1 saturated carbocycles. The van der Waals surface area contributed by atoms with Gasteiger partial charge in [-0.15, -0.1) is 0 Å². The Morgan fingerprint density at radius 3 is 2.53 bits per heavy atom. The highest BCUT2D eigenvalue weighted by atomic mass is 16.5. The van der Waals surface area contributed by atoms with Gasteiger partial charge in [-0.25, -0.2) is 0 Å². The van der Waals surface area contributed by atoms with E-state index in [0.717, 1.165) is 30.6 Å². The van der Waals surface area contributed by atoms with E-state index < -0.39 is 0 Å². The fraction of sp³-hybridized carbons (Fsp3) is 0.647. The van der Waals surface area contributed by atoms with Gasteiger partial charge in [0, 0.05) is 12.0 Å². The predicted octanol–water partition coefficient (Wildman–Crippen LogP) is 4.01. The second-order valence-electron chi connectivity index (χ2n) is 6.90. The van der Waals surface area contributed by atoms with Crippen LogP contribution < -0.4 is 4.74 Å². The Morgan fingerprint density at radius 1 is 1.16 bits per heavy atom. The summed E-state index contributed by atoms with van der Waals surface area (Å²) in [5.41, 5.74) is 2.01. The molecule has 0 saturated heterocycles. The molecular weight excluding hydrogens is 236 g/mol. The minimum Gasteiger partial charge on any atom is -0.487 e. The van der Waals surface area contributed by atoms with Crippen molar-refractivity contribution in [2.45, 2.75) is 58.2 Å². The van der Waals surface area contributed by atoms with Crippen LogP contribution >= 0.6 is 0 Å². The summed E-state index contributed by atoms with van der Waals surface area (Å²) in [5.74, 6) is 2.26. The molecule has 0 bridgehead atoms. The average Bonchev–Trinajstić information content (AvgIpc) is 2.28. The van der Waals surface area contributed by atoms with Gasteiger partial charge in [0.05, 0.1) is 6.10 Å². The van der Waals surface area contributed by atoms with Gasteiger partial charge >= 0.3 is 0 Å². The maximum Gasteiger partial charge on any atom is 0.125 e. The molecule has 0 amide bonds. The van der Waals surface area contributed by atoms with Gasteiger partial charge < -0.3 is 9.84 Å². The highest BCUT2D eigenvalue weighted by Crippen LogP contribution is 2.48. The topological polar surface area (TPSA) is 29.5 Å². The number of aliphatic hydroxyl groups is 1. The number of rotatable bonds is 0. The standard InChI is InChI=1S/C17H24O2/c1-11-4-5-16-14(7-11)15(18)10-17(19-16)8-12(2)6-13(3)9-17/h4-5,7,12-13,15,18H,6,8-10H2,1-3H3/t12?,13?,15-,17?/m0/s1. The number of benzene rings is 1. The normalized spacial score (nSPS) is 37.8. The molecule has 3 atom stereocenters. The van der Waals surface area contributed by atoms with E-state index >= 15 is 0 Å². The van der Waals surface area contributed by atoms with E-state index in [0.29, 0.717) is 11.8 Å². The Labute approximate surface area is 115 Å². The lowest BCUT2D eigenvalue weighted by atomic mass is 9.70. The van der Waals surface area contributed by atoms with Crippen molar-refractivity contribution in [3.05, 3.63) is 29.3 Å². The molecule has 2 unspecified atom stereocenters. The average molecular weight is 260 g/mol. The monoisotopic (exact) mass is 260 g/mol. The predicted molar refractivity (Wildman–Crippen MR) is 76.3 cm³/mol. The van der Waals surface area contributed by atoms with Crippen LogP contribution in [0.15, 0.2) is 18.2 Å². The zero-order chi connectivity index (χ0) is 13.6. The summed E-state index contributed by atoms with van der Waals surface area (Å²) in [6, 6.07) is 6.15. The summed E-state index contributed by atoms with van der Waals surface area (Å²) >= 11 is 0. The lowest BCUT2D eigenvalue weighted by Crippen LogP contribution is -2.46. The summed E-state index contributed by atoms with van der Waals surface area (Å²) < 4.78 is 6.37. The van der Waals surface area contributed by atoms with E-state index in [1.807, 2.05) is 6.07 Å². The van der Waals surface area contributed by atoms with Crippen molar-refractivity contribution >= 4 is 0 Å². The van der Waals surface area contributed by atoms with Gasteiger partial charge in [-0.1, -0.05) is 25.5 Å². The molecule has 104 valence electrons. The molecule has 0 radical (unpaired) electrons. The fourth-order valence-electron chi connectivity index (χ4n) is 4.22. The first-order valence-corrected chi connectivity index (χ1v) is 7.45. The molecule has 2 nitrogen and oxygen atoms in total. The van der Waals surface area contributed by atoms with Crippen molar-refractivity contribution in [2.24, 2.45) is 11.8 Å². The number of hydrogen-bond donors (Lipinski definition) is 1. The summed E-state index contributed by atoms with van der Waals surface area (Å²) in [6.45, 7) is 6.66. The van der Waals surface area contributed by atoms with Crippen LogP contribution in [0.1, 0.15) is 56.8 Å². The third-order valence-electron chi connectivity index (χ3n) is 4.66. The van der Waals surface area contributed by atoms with E-state index in [4.69, 9.17) is 4.74 Å². The molecular formula is C17H24O2. The van der Waals surface area contributed by atoms with Crippen molar-refractivity contribution in [3.8, 4) is 5.75 Å². The van der Waals surface area contributed by atoms with Gasteiger partial charge in [-0.3, -0.25) is 0 Å². The molecule has 1 aromatic carbocycles. The Balaban J connectivity index is 1.94. The number of aliphatic hydroxyl groups excluding tert-OH is 1. The molecule has 2 heteroatoms. The summed E-state index contributed by atoms with van der Waals surface area (Å²) in [7, 11) is 0. The molecule has 1 spiro atoms. The number of fused-ring (bicyclic) bond motifs is 1. The number of ether oxygens (including phenoxy) is 1. The first-order valence-electron chi connectivity index (χ1n) is 7.45. The molecule has 1 N–H and O–H groups in total. The van der Waals surface area contributed by atoms with Crippen LogP contribution in [-0.2, 0) is 0 Å². The van der Waals surface area contributed by atoms with E-state index in [2.05, 4.69) is 32.9 Å². The van der Waals surface area contributed by atoms with Crippen molar-refractivity contribution in [3.63, 3.8) is 0 Å². The van der Waals surface area contributed by atoms with E-state index in [1.165, 1.54) is 12.0 Å². The van der Waals surface area contributed by atoms with E-state index in [-0.39, 0.29) is 11.7 Å². The summed E-state index contributed by atoms with van der Waals surface area (Å²) in [6.07, 6.45) is 3.80. The van der Waals surface area contributed by atoms with E-state index in [1.54, 1.807) is 0 Å². The Kier molecular flexibility index (Phi) is 3.09. The van der Waals surface area contributed by atoms with Crippen molar-refractivity contribution < 1.29 is 9.84 Å². The van der Waals surface area contributed by atoms with Crippen molar-refractivity contribution in [2.75, 3.05) is 0 Å². The largest absolute Gasteiger partial charge is 0.487 e. The highest BCUT2D eigenvalue weighted by Gasteiger charge is 2.45.